The van der Waals surface area contributed by atoms with Crippen molar-refractivity contribution in [2.45, 2.75) is 0 Å². The number of hydrogen-bond donors (Lipinski definition) is 0. The predicted molar refractivity (Wildman–Crippen MR) is 58.9 cm³/mol. The molecular formula is C16H12O2. The molecule has 0 radical (unpaired) electrons. The summed E-state index contributed by atoms with van der Waals surface area (Å²) >= 11 is 0. The molecule has 88 valence electrons. The SMILES string of the molecule is O=C1C2C3C(=O)C45C6C=CC7C6C6C(C2C3C64)C175. The van der Waals surface area contributed by atoms with Crippen LogP contribution in [0.3, 0.4) is 0 Å². The Labute approximate surface area is 104 Å². The van der Waals surface area contributed by atoms with E-state index in [2.05, 4.69) is 12.2 Å². The first-order chi connectivity index (χ1) is 8.79. The molecule has 10 unspecified atom stereocenters. The molecule has 8 bridgehead atoms. The molecule has 9 aliphatic rings. The Morgan fingerprint density at radius 3 is 1.72 bits per heavy atom. The standard InChI is InChI=1S/C16H12O2/c17-13-8-6-7-9(8)14(18)16-4-2-1-3-5(4)10(12(7)16)11(6)15(3,13)16/h1-12H. The van der Waals surface area contributed by atoms with Crippen LogP contribution in [-0.4, -0.2) is 11.6 Å². The van der Waals surface area contributed by atoms with Crippen LogP contribution in [0.2, 0.25) is 0 Å². The molecule has 18 heavy (non-hydrogen) atoms. The molecule has 0 aliphatic heterocycles. The van der Waals surface area contributed by atoms with Gasteiger partial charge in [-0.05, 0) is 47.3 Å². The zero-order chi connectivity index (χ0) is 11.3. The van der Waals surface area contributed by atoms with E-state index >= 15 is 0 Å². The van der Waals surface area contributed by atoms with Crippen molar-refractivity contribution >= 4 is 11.6 Å². The van der Waals surface area contributed by atoms with E-state index in [-0.39, 0.29) is 22.7 Å². The fourth-order valence-electron chi connectivity index (χ4n) is 10.1. The molecule has 9 rings (SSSR count). The molecule has 0 aromatic heterocycles. The second kappa shape index (κ2) is 1.52. The van der Waals surface area contributed by atoms with Crippen LogP contribution in [0.15, 0.2) is 12.2 Å². The molecule has 2 nitrogen and oxygen atoms in total. The van der Waals surface area contributed by atoms with Crippen LogP contribution in [0.5, 0.6) is 0 Å². The Morgan fingerprint density at radius 2 is 1.22 bits per heavy atom. The lowest BCUT2D eigenvalue weighted by molar-refractivity contribution is -0.157. The van der Waals surface area contributed by atoms with Crippen molar-refractivity contribution in [3.8, 4) is 0 Å². The molecule has 0 heterocycles. The zero-order valence-electron chi connectivity index (χ0n) is 9.74. The molecule has 0 N–H and O–H groups in total. The summed E-state index contributed by atoms with van der Waals surface area (Å²) in [4.78, 5) is 26.1. The first-order valence-electron chi connectivity index (χ1n) is 7.56. The summed E-state index contributed by atoms with van der Waals surface area (Å²) in [6, 6.07) is 0. The Morgan fingerprint density at radius 1 is 0.722 bits per heavy atom. The Balaban J connectivity index is 1.72. The van der Waals surface area contributed by atoms with Crippen molar-refractivity contribution in [2.75, 3.05) is 0 Å². The molecular weight excluding hydrogens is 224 g/mol. The third-order valence-corrected chi connectivity index (χ3v) is 9.33. The van der Waals surface area contributed by atoms with Crippen molar-refractivity contribution in [1.82, 2.24) is 0 Å². The van der Waals surface area contributed by atoms with Crippen LogP contribution in [0, 0.1) is 70.0 Å². The fraction of sp³-hybridized carbons (Fsp3) is 0.750. The smallest absolute Gasteiger partial charge is 0.145 e. The minimum atomic E-state index is -0.137. The van der Waals surface area contributed by atoms with E-state index in [0.717, 1.165) is 5.92 Å². The van der Waals surface area contributed by atoms with Crippen LogP contribution >= 0.6 is 0 Å². The van der Waals surface area contributed by atoms with Gasteiger partial charge in [0.25, 0.3) is 0 Å². The van der Waals surface area contributed by atoms with E-state index in [4.69, 9.17) is 0 Å². The maximum atomic E-state index is 13.1. The second-order valence-electron chi connectivity index (χ2n) is 8.32. The van der Waals surface area contributed by atoms with E-state index < -0.39 is 0 Å². The zero-order valence-corrected chi connectivity index (χ0v) is 9.74. The van der Waals surface area contributed by atoms with E-state index in [0.29, 0.717) is 53.0 Å². The quantitative estimate of drug-likeness (QED) is 0.586. The van der Waals surface area contributed by atoms with Crippen molar-refractivity contribution in [3.63, 3.8) is 0 Å². The lowest BCUT2D eigenvalue weighted by Gasteiger charge is -2.47. The van der Waals surface area contributed by atoms with Crippen LogP contribution in [0.1, 0.15) is 0 Å². The largest absolute Gasteiger partial charge is 0.299 e. The van der Waals surface area contributed by atoms with Crippen LogP contribution in [0.25, 0.3) is 0 Å². The molecule has 9 aliphatic carbocycles. The minimum absolute atomic E-state index is 0.137. The van der Waals surface area contributed by atoms with Gasteiger partial charge in [0, 0.05) is 11.8 Å². The van der Waals surface area contributed by atoms with Gasteiger partial charge in [-0.3, -0.25) is 9.59 Å². The molecule has 0 amide bonds. The third-order valence-electron chi connectivity index (χ3n) is 9.33. The predicted octanol–water partition coefficient (Wildman–Crippen LogP) is 0.924. The molecule has 0 aromatic carbocycles. The van der Waals surface area contributed by atoms with Crippen molar-refractivity contribution < 1.29 is 9.59 Å². The summed E-state index contributed by atoms with van der Waals surface area (Å²) in [5.74, 6) is 6.63. The Bertz CT molecular complexity index is 635. The molecule has 10 atom stereocenters. The molecule has 2 heteroatoms. The lowest BCUT2D eigenvalue weighted by atomic mass is 9.52. The highest BCUT2D eigenvalue weighted by molar-refractivity contribution is 6.14. The third kappa shape index (κ3) is 0.293. The number of carbonyl (C=O) groups is 2. The first-order valence-corrected chi connectivity index (χ1v) is 7.56. The summed E-state index contributed by atoms with van der Waals surface area (Å²) in [5, 5.41) is 0. The average Bonchev–Trinajstić information content (AvgIpc) is 3.06. The lowest BCUT2D eigenvalue weighted by Crippen LogP contribution is -2.57. The van der Waals surface area contributed by atoms with Gasteiger partial charge >= 0.3 is 0 Å². The highest BCUT2D eigenvalue weighted by Crippen LogP contribution is 3.02. The van der Waals surface area contributed by atoms with Crippen molar-refractivity contribution in [3.05, 3.63) is 12.2 Å². The average molecular weight is 236 g/mol. The summed E-state index contributed by atoms with van der Waals surface area (Å²) < 4.78 is 0. The van der Waals surface area contributed by atoms with E-state index in [1.54, 1.807) is 0 Å². The highest BCUT2D eigenvalue weighted by atomic mass is 16.2. The highest BCUT2D eigenvalue weighted by Gasteiger charge is 3.06. The topological polar surface area (TPSA) is 34.1 Å². The number of rotatable bonds is 0. The van der Waals surface area contributed by atoms with Gasteiger partial charge in [-0.2, -0.15) is 0 Å². The summed E-state index contributed by atoms with van der Waals surface area (Å²) in [6.07, 6.45) is 4.68. The van der Waals surface area contributed by atoms with Gasteiger partial charge in [0.2, 0.25) is 0 Å². The maximum Gasteiger partial charge on any atom is 0.145 e. The molecule has 0 aromatic rings. The van der Waals surface area contributed by atoms with E-state index in [9.17, 15) is 9.59 Å². The molecule has 8 saturated carbocycles. The number of carbonyl (C=O) groups excluding carboxylic acids is 2. The van der Waals surface area contributed by atoms with Gasteiger partial charge in [-0.15, -0.1) is 0 Å². The van der Waals surface area contributed by atoms with Gasteiger partial charge in [0.05, 0.1) is 10.8 Å². The normalized spacial score (nSPS) is 87.3. The van der Waals surface area contributed by atoms with E-state index in [1.165, 1.54) is 0 Å². The number of Topliss-reactive ketones (excluding diaryl/α,β-unsaturated/α-hetero) is 2. The van der Waals surface area contributed by atoms with Gasteiger partial charge in [-0.1, -0.05) is 12.2 Å². The van der Waals surface area contributed by atoms with Crippen LogP contribution < -0.4 is 0 Å². The number of hydrogen-bond acceptors (Lipinski definition) is 2. The fourth-order valence-corrected chi connectivity index (χ4v) is 10.1. The van der Waals surface area contributed by atoms with Gasteiger partial charge < -0.3 is 0 Å². The van der Waals surface area contributed by atoms with Gasteiger partial charge in [-0.25, -0.2) is 0 Å². The van der Waals surface area contributed by atoms with Crippen molar-refractivity contribution in [1.29, 1.82) is 0 Å². The van der Waals surface area contributed by atoms with Gasteiger partial charge in [0.15, 0.2) is 0 Å². The molecule has 2 spiro atoms. The second-order valence-corrected chi connectivity index (χ2v) is 8.32. The molecule has 0 saturated heterocycles. The summed E-state index contributed by atoms with van der Waals surface area (Å²) in [5.41, 5.74) is -0.273. The Hall–Kier alpha value is -0.920. The van der Waals surface area contributed by atoms with E-state index in [1.807, 2.05) is 0 Å². The molecule has 8 fully saturated rings. The minimum Gasteiger partial charge on any atom is -0.299 e. The number of allylic oxidation sites excluding steroid dienone is 2. The van der Waals surface area contributed by atoms with Gasteiger partial charge in [0.1, 0.15) is 11.6 Å². The first kappa shape index (κ1) is 7.62. The summed E-state index contributed by atoms with van der Waals surface area (Å²) in [7, 11) is 0. The van der Waals surface area contributed by atoms with Crippen LogP contribution in [0.4, 0.5) is 0 Å². The van der Waals surface area contributed by atoms with Crippen molar-refractivity contribution in [2.24, 2.45) is 70.0 Å². The monoisotopic (exact) mass is 236 g/mol. The number of ketones is 2. The maximum absolute atomic E-state index is 13.1. The number of fused-ring (bicyclic) bond motifs is 1. The summed E-state index contributed by atoms with van der Waals surface area (Å²) in [6.45, 7) is 0. The Kier molecular flexibility index (Phi) is 0.642. The van der Waals surface area contributed by atoms with Crippen LogP contribution in [-0.2, 0) is 9.59 Å².